The summed E-state index contributed by atoms with van der Waals surface area (Å²) in [4.78, 5) is 36.8. The van der Waals surface area contributed by atoms with E-state index in [2.05, 4.69) is 10.6 Å². The van der Waals surface area contributed by atoms with Gasteiger partial charge in [-0.3, -0.25) is 14.4 Å². The highest BCUT2D eigenvalue weighted by atomic mass is 16.5. The molecule has 1 fully saturated rings. The quantitative estimate of drug-likeness (QED) is 0.686. The van der Waals surface area contributed by atoms with E-state index in [9.17, 15) is 14.4 Å². The molecule has 0 radical (unpaired) electrons. The van der Waals surface area contributed by atoms with Crippen LogP contribution in [0.2, 0.25) is 0 Å². The Morgan fingerprint density at radius 3 is 2.32 bits per heavy atom. The minimum atomic E-state index is -1.20. The Kier molecular flexibility index (Phi) is 5.79. The Hall–Kier alpha value is -2.41. The van der Waals surface area contributed by atoms with Gasteiger partial charge >= 0.3 is 0 Å². The van der Waals surface area contributed by atoms with Crippen LogP contribution >= 0.6 is 0 Å². The van der Waals surface area contributed by atoms with Crippen LogP contribution in [0.5, 0.6) is 0 Å². The minimum absolute atomic E-state index is 0.177. The molecule has 7 nitrogen and oxygen atoms in total. The first kappa shape index (κ1) is 18.9. The number of primary amides is 1. The van der Waals surface area contributed by atoms with Crippen LogP contribution in [0.3, 0.4) is 0 Å². The van der Waals surface area contributed by atoms with E-state index in [4.69, 9.17) is 10.5 Å². The zero-order valence-electron chi connectivity index (χ0n) is 14.6. The summed E-state index contributed by atoms with van der Waals surface area (Å²) < 4.78 is 5.33. The number of nitrogens with one attached hydrogen (secondary N) is 2. The molecule has 0 aromatic heterocycles. The Balaban J connectivity index is 2.12. The lowest BCUT2D eigenvalue weighted by Crippen LogP contribution is -2.66. The fourth-order valence-electron chi connectivity index (χ4n) is 2.69. The lowest BCUT2D eigenvalue weighted by molar-refractivity contribution is -0.140. The van der Waals surface area contributed by atoms with E-state index in [0.29, 0.717) is 26.1 Å². The van der Waals surface area contributed by atoms with Gasteiger partial charge in [-0.15, -0.1) is 0 Å². The summed E-state index contributed by atoms with van der Waals surface area (Å²) in [7, 11) is 0. The van der Waals surface area contributed by atoms with Gasteiger partial charge < -0.3 is 21.1 Å². The van der Waals surface area contributed by atoms with Crippen LogP contribution in [0.4, 0.5) is 0 Å². The fourth-order valence-corrected chi connectivity index (χ4v) is 2.69. The molecule has 3 amide bonds. The molecule has 136 valence electrons. The van der Waals surface area contributed by atoms with Crippen molar-refractivity contribution in [1.29, 1.82) is 0 Å². The molecule has 0 bridgehead atoms. The maximum absolute atomic E-state index is 12.8. The summed E-state index contributed by atoms with van der Waals surface area (Å²) in [6, 6.07) is 9.30. The highest BCUT2D eigenvalue weighted by molar-refractivity contribution is 5.96. The molecule has 25 heavy (non-hydrogen) atoms. The Morgan fingerprint density at radius 2 is 1.76 bits per heavy atom. The van der Waals surface area contributed by atoms with Crippen LogP contribution in [-0.2, 0) is 25.5 Å². The largest absolute Gasteiger partial charge is 0.381 e. The third-order valence-corrected chi connectivity index (χ3v) is 4.41. The summed E-state index contributed by atoms with van der Waals surface area (Å²) in [6.45, 7) is 3.78. The highest BCUT2D eigenvalue weighted by Gasteiger charge is 2.44. The summed E-state index contributed by atoms with van der Waals surface area (Å²) >= 11 is 0. The number of carbonyl (C=O) groups excluding carboxylic acids is 3. The van der Waals surface area contributed by atoms with Gasteiger partial charge in [-0.1, -0.05) is 30.3 Å². The molecular weight excluding hydrogens is 322 g/mol. The lowest BCUT2D eigenvalue weighted by Gasteiger charge is -2.38. The number of amides is 3. The molecule has 1 aromatic carbocycles. The van der Waals surface area contributed by atoms with Crippen LogP contribution in [0.25, 0.3) is 0 Å². The Morgan fingerprint density at radius 1 is 1.16 bits per heavy atom. The van der Waals surface area contributed by atoms with Gasteiger partial charge in [0.1, 0.15) is 11.1 Å². The smallest absolute Gasteiger partial charge is 0.246 e. The second kappa shape index (κ2) is 7.65. The van der Waals surface area contributed by atoms with Crippen molar-refractivity contribution < 1.29 is 19.1 Å². The van der Waals surface area contributed by atoms with Gasteiger partial charge in [-0.25, -0.2) is 0 Å². The molecular formula is C18H25N3O4. The van der Waals surface area contributed by atoms with Crippen molar-refractivity contribution in [2.75, 3.05) is 13.2 Å². The van der Waals surface area contributed by atoms with Crippen LogP contribution in [-0.4, -0.2) is 42.0 Å². The molecule has 1 heterocycles. The minimum Gasteiger partial charge on any atom is -0.381 e. The summed E-state index contributed by atoms with van der Waals surface area (Å²) in [5.74, 6) is -1.31. The number of ether oxygens (including phenoxy) is 1. The molecule has 1 saturated heterocycles. The number of benzene rings is 1. The van der Waals surface area contributed by atoms with Gasteiger partial charge in [0.05, 0.1) is 6.42 Å². The summed E-state index contributed by atoms with van der Waals surface area (Å²) in [5, 5.41) is 5.51. The van der Waals surface area contributed by atoms with E-state index in [-0.39, 0.29) is 12.3 Å². The third kappa shape index (κ3) is 4.79. The lowest BCUT2D eigenvalue weighted by atomic mass is 9.87. The van der Waals surface area contributed by atoms with Crippen molar-refractivity contribution in [3.8, 4) is 0 Å². The van der Waals surface area contributed by atoms with Gasteiger partial charge in [-0.05, 0) is 19.4 Å². The number of nitrogens with two attached hydrogens (primary N) is 1. The predicted molar refractivity (Wildman–Crippen MR) is 92.5 cm³/mol. The molecule has 4 N–H and O–H groups in total. The monoisotopic (exact) mass is 347 g/mol. The molecule has 0 unspecified atom stereocenters. The normalized spacial score (nSPS) is 16.7. The molecule has 1 aliphatic heterocycles. The van der Waals surface area contributed by atoms with E-state index < -0.39 is 22.9 Å². The van der Waals surface area contributed by atoms with Crippen LogP contribution in [0, 0.1) is 0 Å². The molecule has 0 atom stereocenters. The topological polar surface area (TPSA) is 111 Å². The molecule has 2 rings (SSSR count). The SMILES string of the molecule is CC(C)(NC(=O)C1(NC(=O)Cc2ccccc2)CCOCC1)C(N)=O. The molecule has 0 saturated carbocycles. The number of carbonyl (C=O) groups is 3. The number of rotatable bonds is 6. The zero-order valence-corrected chi connectivity index (χ0v) is 14.6. The average molecular weight is 347 g/mol. The predicted octanol–water partition coefficient (Wildman–Crippen LogP) is 0.275. The van der Waals surface area contributed by atoms with E-state index >= 15 is 0 Å². The summed E-state index contributed by atoms with van der Waals surface area (Å²) in [6.07, 6.45) is 0.859. The van der Waals surface area contributed by atoms with Gasteiger partial charge in [0, 0.05) is 26.1 Å². The van der Waals surface area contributed by atoms with Crippen molar-refractivity contribution in [1.82, 2.24) is 10.6 Å². The van der Waals surface area contributed by atoms with Gasteiger partial charge in [0.15, 0.2) is 0 Å². The molecule has 0 aliphatic carbocycles. The standard InChI is InChI=1S/C18H25N3O4/c1-17(2,15(19)23)21-16(24)18(8-10-25-11-9-18)20-14(22)12-13-6-4-3-5-7-13/h3-7H,8-12H2,1-2H3,(H2,19,23)(H,20,22)(H,21,24). The van der Waals surface area contributed by atoms with E-state index in [1.54, 1.807) is 0 Å². The van der Waals surface area contributed by atoms with E-state index in [1.165, 1.54) is 13.8 Å². The first-order valence-corrected chi connectivity index (χ1v) is 8.30. The van der Waals surface area contributed by atoms with Crippen LogP contribution < -0.4 is 16.4 Å². The van der Waals surface area contributed by atoms with Crippen molar-refractivity contribution in [3.63, 3.8) is 0 Å². The zero-order chi connectivity index (χ0) is 18.5. The van der Waals surface area contributed by atoms with Crippen LogP contribution in [0.15, 0.2) is 30.3 Å². The maximum atomic E-state index is 12.8. The molecule has 0 spiro atoms. The van der Waals surface area contributed by atoms with Crippen molar-refractivity contribution in [2.45, 2.75) is 44.2 Å². The van der Waals surface area contributed by atoms with Crippen molar-refractivity contribution in [3.05, 3.63) is 35.9 Å². The molecule has 1 aliphatic rings. The summed E-state index contributed by atoms with van der Waals surface area (Å²) in [5.41, 5.74) is 3.89. The highest BCUT2D eigenvalue weighted by Crippen LogP contribution is 2.22. The first-order chi connectivity index (χ1) is 11.8. The van der Waals surface area contributed by atoms with E-state index in [1.807, 2.05) is 30.3 Å². The second-order valence-corrected chi connectivity index (χ2v) is 6.85. The molecule has 1 aromatic rings. The Bertz CT molecular complexity index is 637. The number of hydrogen-bond donors (Lipinski definition) is 3. The first-order valence-electron chi connectivity index (χ1n) is 8.30. The third-order valence-electron chi connectivity index (χ3n) is 4.41. The van der Waals surface area contributed by atoms with Crippen molar-refractivity contribution >= 4 is 17.7 Å². The van der Waals surface area contributed by atoms with Gasteiger partial charge in [0.25, 0.3) is 0 Å². The van der Waals surface area contributed by atoms with Crippen molar-refractivity contribution in [2.24, 2.45) is 5.73 Å². The van der Waals surface area contributed by atoms with Crippen LogP contribution in [0.1, 0.15) is 32.3 Å². The maximum Gasteiger partial charge on any atom is 0.246 e. The Labute approximate surface area is 147 Å². The average Bonchev–Trinajstić information content (AvgIpc) is 2.56. The number of hydrogen-bond acceptors (Lipinski definition) is 4. The second-order valence-electron chi connectivity index (χ2n) is 6.85. The van der Waals surface area contributed by atoms with Gasteiger partial charge in [0.2, 0.25) is 17.7 Å². The fraction of sp³-hybridized carbons (Fsp3) is 0.500. The van der Waals surface area contributed by atoms with E-state index in [0.717, 1.165) is 5.56 Å². The van der Waals surface area contributed by atoms with Gasteiger partial charge in [-0.2, -0.15) is 0 Å². The molecule has 7 heteroatoms.